The lowest BCUT2D eigenvalue weighted by atomic mass is 9.83. The molecule has 1 aromatic rings. The molecule has 0 spiro atoms. The number of para-hydroxylation sites is 1. The largest absolute Gasteiger partial charge is 0.361 e. The summed E-state index contributed by atoms with van der Waals surface area (Å²) in [5, 5.41) is 0. The summed E-state index contributed by atoms with van der Waals surface area (Å²) in [5.74, 6) is 1.18. The molecule has 0 saturated carbocycles. The highest BCUT2D eigenvalue weighted by Gasteiger charge is 2.39. The Labute approximate surface area is 116 Å². The van der Waals surface area contributed by atoms with Crippen molar-refractivity contribution in [2.24, 2.45) is 5.41 Å². The molecule has 1 aliphatic rings. The molecule has 0 amide bonds. The van der Waals surface area contributed by atoms with Gasteiger partial charge in [-0.25, -0.2) is 0 Å². The molecule has 100 valence electrons. The van der Waals surface area contributed by atoms with Gasteiger partial charge in [-0.15, -0.1) is 11.8 Å². The predicted molar refractivity (Wildman–Crippen MR) is 82.6 cm³/mol. The minimum atomic E-state index is 0.162. The summed E-state index contributed by atoms with van der Waals surface area (Å²) < 4.78 is 0. The van der Waals surface area contributed by atoms with Crippen LogP contribution in [0.4, 0.5) is 5.69 Å². The SMILES string of the molecule is CC(C)(C)C1CSc2ccccc2N1C(C)(C)C. The van der Waals surface area contributed by atoms with Crippen LogP contribution in [0, 0.1) is 5.41 Å². The highest BCUT2D eigenvalue weighted by atomic mass is 32.2. The topological polar surface area (TPSA) is 3.24 Å². The minimum Gasteiger partial charge on any atom is -0.361 e. The number of benzene rings is 1. The lowest BCUT2D eigenvalue weighted by Gasteiger charge is -2.51. The number of hydrogen-bond donors (Lipinski definition) is 0. The Hall–Kier alpha value is -0.630. The van der Waals surface area contributed by atoms with Gasteiger partial charge in [0, 0.05) is 22.2 Å². The van der Waals surface area contributed by atoms with Gasteiger partial charge < -0.3 is 4.90 Å². The van der Waals surface area contributed by atoms with E-state index in [0.717, 1.165) is 0 Å². The van der Waals surface area contributed by atoms with Crippen molar-refractivity contribution in [3.05, 3.63) is 24.3 Å². The van der Waals surface area contributed by atoms with Gasteiger partial charge in [-0.1, -0.05) is 32.9 Å². The Morgan fingerprint density at radius 2 is 1.67 bits per heavy atom. The molecule has 1 aromatic carbocycles. The normalized spacial score (nSPS) is 20.8. The van der Waals surface area contributed by atoms with Gasteiger partial charge in [0.25, 0.3) is 0 Å². The Morgan fingerprint density at radius 3 is 2.22 bits per heavy atom. The zero-order valence-electron chi connectivity index (χ0n) is 12.4. The fourth-order valence-electron chi connectivity index (χ4n) is 2.66. The third kappa shape index (κ3) is 2.54. The number of nitrogens with zero attached hydrogens (tertiary/aromatic N) is 1. The van der Waals surface area contributed by atoms with Gasteiger partial charge in [-0.3, -0.25) is 0 Å². The van der Waals surface area contributed by atoms with Gasteiger partial charge in [0.05, 0.1) is 5.69 Å². The molecule has 1 unspecified atom stereocenters. The molecule has 0 fully saturated rings. The van der Waals surface area contributed by atoms with Crippen LogP contribution in [0.15, 0.2) is 29.2 Å². The van der Waals surface area contributed by atoms with Crippen LogP contribution in [-0.4, -0.2) is 17.3 Å². The summed E-state index contributed by atoms with van der Waals surface area (Å²) in [5.41, 5.74) is 1.87. The molecule has 2 heteroatoms. The lowest BCUT2D eigenvalue weighted by Crippen LogP contribution is -2.56. The highest BCUT2D eigenvalue weighted by molar-refractivity contribution is 7.99. The number of thioether (sulfide) groups is 1. The van der Waals surface area contributed by atoms with Crippen molar-refractivity contribution in [2.75, 3.05) is 10.7 Å². The van der Waals surface area contributed by atoms with Crippen molar-refractivity contribution in [1.29, 1.82) is 0 Å². The van der Waals surface area contributed by atoms with Crippen molar-refractivity contribution in [3.63, 3.8) is 0 Å². The Kier molecular flexibility index (Phi) is 3.44. The fourth-order valence-corrected chi connectivity index (χ4v) is 4.13. The van der Waals surface area contributed by atoms with Crippen LogP contribution in [0.2, 0.25) is 0 Å². The maximum Gasteiger partial charge on any atom is 0.0511 e. The number of rotatable bonds is 0. The average molecular weight is 263 g/mol. The maximum absolute atomic E-state index is 2.62. The zero-order chi connectivity index (χ0) is 13.6. The van der Waals surface area contributed by atoms with Crippen LogP contribution in [0.5, 0.6) is 0 Å². The molecule has 1 heterocycles. The van der Waals surface area contributed by atoms with Crippen molar-refractivity contribution in [3.8, 4) is 0 Å². The maximum atomic E-state index is 2.62. The molecule has 0 bridgehead atoms. The van der Waals surface area contributed by atoms with Crippen LogP contribution in [0.1, 0.15) is 41.5 Å². The van der Waals surface area contributed by atoms with Gasteiger partial charge in [-0.05, 0) is 38.3 Å². The smallest absolute Gasteiger partial charge is 0.0511 e. The zero-order valence-corrected chi connectivity index (χ0v) is 13.3. The first-order valence-corrected chi connectivity index (χ1v) is 7.71. The first-order valence-electron chi connectivity index (χ1n) is 6.72. The van der Waals surface area contributed by atoms with Crippen LogP contribution >= 0.6 is 11.8 Å². The molecular formula is C16H25NS. The van der Waals surface area contributed by atoms with E-state index in [4.69, 9.17) is 0 Å². The summed E-state index contributed by atoms with van der Waals surface area (Å²) in [7, 11) is 0. The molecule has 1 atom stereocenters. The number of fused-ring (bicyclic) bond motifs is 1. The number of anilines is 1. The second-order valence-corrected chi connectivity index (χ2v) is 8.26. The molecule has 0 aliphatic carbocycles. The van der Waals surface area contributed by atoms with E-state index in [9.17, 15) is 0 Å². The van der Waals surface area contributed by atoms with Gasteiger partial charge in [0.15, 0.2) is 0 Å². The lowest BCUT2D eigenvalue weighted by molar-refractivity contribution is 0.283. The van der Waals surface area contributed by atoms with Crippen LogP contribution < -0.4 is 4.90 Å². The molecule has 2 rings (SSSR count). The van der Waals surface area contributed by atoms with E-state index >= 15 is 0 Å². The Bertz CT molecular complexity index is 425. The first kappa shape index (κ1) is 13.8. The van der Waals surface area contributed by atoms with Gasteiger partial charge in [-0.2, -0.15) is 0 Å². The summed E-state index contributed by atoms with van der Waals surface area (Å²) in [6.07, 6.45) is 0. The molecule has 0 saturated heterocycles. The minimum absolute atomic E-state index is 0.162. The quantitative estimate of drug-likeness (QED) is 0.660. The van der Waals surface area contributed by atoms with Gasteiger partial charge in [0.1, 0.15) is 0 Å². The van der Waals surface area contributed by atoms with E-state index in [1.165, 1.54) is 16.3 Å². The predicted octanol–water partition coefficient (Wildman–Crippen LogP) is 4.81. The van der Waals surface area contributed by atoms with E-state index < -0.39 is 0 Å². The van der Waals surface area contributed by atoms with E-state index in [2.05, 4.69) is 70.7 Å². The van der Waals surface area contributed by atoms with Crippen molar-refractivity contribution >= 4 is 17.4 Å². The Balaban J connectivity index is 2.50. The molecule has 1 nitrogen and oxygen atoms in total. The van der Waals surface area contributed by atoms with Crippen molar-refractivity contribution < 1.29 is 0 Å². The molecule has 18 heavy (non-hydrogen) atoms. The van der Waals surface area contributed by atoms with E-state index in [0.29, 0.717) is 11.5 Å². The molecule has 1 aliphatic heterocycles. The monoisotopic (exact) mass is 263 g/mol. The first-order chi connectivity index (χ1) is 8.21. The van der Waals surface area contributed by atoms with Crippen LogP contribution in [-0.2, 0) is 0 Å². The van der Waals surface area contributed by atoms with E-state index in [-0.39, 0.29) is 5.54 Å². The summed E-state index contributed by atoms with van der Waals surface area (Å²) in [6.45, 7) is 14.0. The summed E-state index contributed by atoms with van der Waals surface area (Å²) in [6, 6.07) is 9.40. The Morgan fingerprint density at radius 1 is 1.06 bits per heavy atom. The summed E-state index contributed by atoms with van der Waals surface area (Å²) >= 11 is 2.00. The number of hydrogen-bond acceptors (Lipinski definition) is 2. The molecular weight excluding hydrogens is 238 g/mol. The molecule has 0 aromatic heterocycles. The molecule has 0 N–H and O–H groups in total. The van der Waals surface area contributed by atoms with Crippen molar-refractivity contribution in [1.82, 2.24) is 0 Å². The summed E-state index contributed by atoms with van der Waals surface area (Å²) in [4.78, 5) is 4.05. The third-order valence-electron chi connectivity index (χ3n) is 3.56. The van der Waals surface area contributed by atoms with E-state index in [1.54, 1.807) is 0 Å². The van der Waals surface area contributed by atoms with E-state index in [1.807, 2.05) is 11.8 Å². The standard InChI is InChI=1S/C16H25NS/c1-15(2,3)14-11-18-13-10-8-7-9-12(13)17(14)16(4,5)6/h7-10,14H,11H2,1-6H3. The third-order valence-corrected chi connectivity index (χ3v) is 4.69. The molecule has 0 radical (unpaired) electrons. The fraction of sp³-hybridized carbons (Fsp3) is 0.625. The van der Waals surface area contributed by atoms with Crippen molar-refractivity contribution in [2.45, 2.75) is 58.0 Å². The van der Waals surface area contributed by atoms with Crippen LogP contribution in [0.25, 0.3) is 0 Å². The average Bonchev–Trinajstić information content (AvgIpc) is 2.24. The van der Waals surface area contributed by atoms with Crippen LogP contribution in [0.3, 0.4) is 0 Å². The van der Waals surface area contributed by atoms with Gasteiger partial charge >= 0.3 is 0 Å². The highest BCUT2D eigenvalue weighted by Crippen LogP contribution is 2.45. The van der Waals surface area contributed by atoms with Gasteiger partial charge in [0.2, 0.25) is 0 Å². The second-order valence-electron chi connectivity index (χ2n) is 7.20. The second kappa shape index (κ2) is 4.48.